The van der Waals surface area contributed by atoms with Crippen molar-refractivity contribution in [2.45, 2.75) is 31.8 Å². The average Bonchev–Trinajstić information content (AvgIpc) is 3.73. The molecule has 0 saturated carbocycles. The van der Waals surface area contributed by atoms with Crippen molar-refractivity contribution in [1.29, 1.82) is 0 Å². The first kappa shape index (κ1) is 34.8. The van der Waals surface area contributed by atoms with Crippen LogP contribution >= 0.6 is 0 Å². The zero-order valence-electron chi connectivity index (χ0n) is 33.8. The highest BCUT2D eigenvalue weighted by Crippen LogP contribution is 2.55. The molecule has 2 heterocycles. The minimum Gasteiger partial charge on any atom is -0.381 e. The Kier molecular flexibility index (Phi) is 7.34. The summed E-state index contributed by atoms with van der Waals surface area (Å²) in [5.74, 6) is 0. The number of anilines is 3. The second-order valence-electron chi connectivity index (χ2n) is 17.2. The van der Waals surface area contributed by atoms with Gasteiger partial charge in [0.2, 0.25) is 0 Å². The van der Waals surface area contributed by atoms with E-state index in [-0.39, 0.29) is 5.41 Å². The van der Waals surface area contributed by atoms with Gasteiger partial charge in [0.25, 0.3) is 0 Å². The summed E-state index contributed by atoms with van der Waals surface area (Å²) in [7, 11) is 0. The van der Waals surface area contributed by atoms with E-state index in [9.17, 15) is 5.11 Å². The first-order valence-corrected chi connectivity index (χ1v) is 20.9. The molecule has 3 heteroatoms. The van der Waals surface area contributed by atoms with E-state index >= 15 is 0 Å². The number of hydrogen-bond donors (Lipinski definition) is 1. The van der Waals surface area contributed by atoms with Gasteiger partial charge in [-0.1, -0.05) is 141 Å². The van der Waals surface area contributed by atoms with E-state index < -0.39 is 5.60 Å². The first-order valence-electron chi connectivity index (χ1n) is 20.9. The molecule has 1 N–H and O–H groups in total. The molecule has 286 valence electrons. The van der Waals surface area contributed by atoms with Gasteiger partial charge in [-0.2, -0.15) is 0 Å². The number of hydrogen-bond acceptors (Lipinski definition) is 2. The van der Waals surface area contributed by atoms with Crippen LogP contribution in [0.5, 0.6) is 0 Å². The molecule has 10 aromatic rings. The minimum atomic E-state index is -1.28. The Morgan fingerprint density at radius 2 is 0.983 bits per heavy atom. The smallest absolute Gasteiger partial charge is 0.116 e. The van der Waals surface area contributed by atoms with Crippen LogP contribution in [0.25, 0.3) is 71.6 Å². The first-order chi connectivity index (χ1) is 29.3. The van der Waals surface area contributed by atoms with Crippen molar-refractivity contribution in [3.63, 3.8) is 0 Å². The third kappa shape index (κ3) is 4.93. The molecule has 1 atom stereocenters. The summed E-state index contributed by atoms with van der Waals surface area (Å²) in [5, 5.41) is 17.7. The lowest BCUT2D eigenvalue weighted by molar-refractivity contribution is 0.102. The van der Waals surface area contributed by atoms with E-state index in [0.717, 1.165) is 61.5 Å². The van der Waals surface area contributed by atoms with Crippen molar-refractivity contribution in [1.82, 2.24) is 4.57 Å². The highest BCUT2D eigenvalue weighted by molar-refractivity contribution is 6.13. The summed E-state index contributed by atoms with van der Waals surface area (Å²) >= 11 is 0. The molecule has 0 bridgehead atoms. The molecule has 2 aliphatic rings. The van der Waals surface area contributed by atoms with Gasteiger partial charge in [-0.15, -0.1) is 0 Å². The zero-order chi connectivity index (χ0) is 40.3. The Morgan fingerprint density at radius 1 is 0.383 bits per heavy atom. The topological polar surface area (TPSA) is 28.4 Å². The van der Waals surface area contributed by atoms with Crippen LogP contribution in [0.1, 0.15) is 43.0 Å². The lowest BCUT2D eigenvalue weighted by atomic mass is 9.79. The summed E-state index contributed by atoms with van der Waals surface area (Å²) in [5.41, 5.74) is 16.6. The molecule has 0 radical (unpaired) electrons. The van der Waals surface area contributed by atoms with Gasteiger partial charge in [0.05, 0.1) is 28.1 Å². The fourth-order valence-corrected chi connectivity index (χ4v) is 10.4. The Bertz CT molecular complexity index is 3370. The number of aliphatic hydroxyl groups is 1. The third-order valence-electron chi connectivity index (χ3n) is 13.5. The molecule has 1 aliphatic carbocycles. The van der Waals surface area contributed by atoms with E-state index in [1.54, 1.807) is 0 Å². The van der Waals surface area contributed by atoms with Crippen molar-refractivity contribution in [2.75, 3.05) is 4.90 Å². The van der Waals surface area contributed by atoms with Crippen LogP contribution in [-0.2, 0) is 11.0 Å². The van der Waals surface area contributed by atoms with Crippen molar-refractivity contribution in [2.24, 2.45) is 0 Å². The number of para-hydroxylation sites is 1. The molecule has 0 amide bonds. The van der Waals surface area contributed by atoms with Gasteiger partial charge in [-0.05, 0) is 124 Å². The van der Waals surface area contributed by atoms with Crippen molar-refractivity contribution >= 4 is 49.6 Å². The average molecular weight is 771 g/mol. The van der Waals surface area contributed by atoms with Gasteiger partial charge in [-0.3, -0.25) is 0 Å². The summed E-state index contributed by atoms with van der Waals surface area (Å²) in [6.07, 6.45) is 0. The van der Waals surface area contributed by atoms with Crippen LogP contribution in [0, 0.1) is 0 Å². The standard InChI is InChI=1S/C57H42N2O/c1-56(2)47-23-13-12-22-43(47)44-34-46-45-31-38(25-28-52(45)58(55(46)35-48(44)56)41-19-8-5-9-20-41)40-27-30-54-50(33-40)57(3,60)49-32-39(36-15-6-4-7-16-36)26-29-53(49)59(54)51-24-14-18-37-17-10-11-21-42(37)51/h4-35,60H,1-3H3. The molecule has 1 aromatic heterocycles. The maximum Gasteiger partial charge on any atom is 0.116 e. The molecule has 3 nitrogen and oxygen atoms in total. The van der Waals surface area contributed by atoms with Crippen LogP contribution < -0.4 is 4.90 Å². The molecule has 1 aliphatic heterocycles. The summed E-state index contributed by atoms with van der Waals surface area (Å²) in [6, 6.07) is 70.1. The van der Waals surface area contributed by atoms with Crippen molar-refractivity contribution in [3.05, 3.63) is 216 Å². The molecule has 60 heavy (non-hydrogen) atoms. The van der Waals surface area contributed by atoms with Crippen LogP contribution in [0.15, 0.2) is 194 Å². The van der Waals surface area contributed by atoms with E-state index in [2.05, 4.69) is 211 Å². The van der Waals surface area contributed by atoms with Gasteiger partial charge in [0.15, 0.2) is 0 Å². The second kappa shape index (κ2) is 12.6. The molecule has 0 saturated heterocycles. The molecule has 9 aromatic carbocycles. The molecular formula is C57H42N2O. The Labute approximate surface area is 350 Å². The molecular weight excluding hydrogens is 729 g/mol. The Balaban J connectivity index is 1.08. The number of rotatable bonds is 4. The van der Waals surface area contributed by atoms with Crippen LogP contribution in [-0.4, -0.2) is 9.67 Å². The van der Waals surface area contributed by atoms with Gasteiger partial charge in [0, 0.05) is 38.4 Å². The van der Waals surface area contributed by atoms with Crippen molar-refractivity contribution in [3.8, 4) is 39.1 Å². The molecule has 0 fully saturated rings. The SMILES string of the molecule is CC1(C)c2ccccc2-c2cc3c4cc(-c5ccc6c(c5)C(C)(O)c5cc(-c7ccccc7)ccc5N6c5cccc6ccccc56)ccc4n(-c4ccccc4)c3cc21. The predicted molar refractivity (Wildman–Crippen MR) is 250 cm³/mol. The van der Waals surface area contributed by atoms with Gasteiger partial charge in [0.1, 0.15) is 5.60 Å². The highest BCUT2D eigenvalue weighted by Gasteiger charge is 2.40. The number of nitrogens with zero attached hydrogens (tertiary/aromatic N) is 2. The Hall–Kier alpha value is -7.20. The van der Waals surface area contributed by atoms with Gasteiger partial charge >= 0.3 is 0 Å². The van der Waals surface area contributed by atoms with E-state index in [1.165, 1.54) is 49.4 Å². The summed E-state index contributed by atoms with van der Waals surface area (Å²) in [6.45, 7) is 6.66. The minimum absolute atomic E-state index is 0.107. The summed E-state index contributed by atoms with van der Waals surface area (Å²) in [4.78, 5) is 2.35. The van der Waals surface area contributed by atoms with E-state index in [0.29, 0.717) is 0 Å². The lowest BCUT2D eigenvalue weighted by Crippen LogP contribution is -2.33. The fourth-order valence-electron chi connectivity index (χ4n) is 10.4. The second-order valence-corrected chi connectivity index (χ2v) is 17.2. The largest absolute Gasteiger partial charge is 0.381 e. The Morgan fingerprint density at radius 3 is 1.75 bits per heavy atom. The van der Waals surface area contributed by atoms with E-state index in [1.807, 2.05) is 13.0 Å². The van der Waals surface area contributed by atoms with Gasteiger partial charge in [-0.25, -0.2) is 0 Å². The zero-order valence-corrected chi connectivity index (χ0v) is 33.8. The third-order valence-corrected chi connectivity index (χ3v) is 13.5. The number of benzene rings is 9. The van der Waals surface area contributed by atoms with Crippen LogP contribution in [0.2, 0.25) is 0 Å². The summed E-state index contributed by atoms with van der Waals surface area (Å²) < 4.78 is 2.43. The monoisotopic (exact) mass is 770 g/mol. The molecule has 12 rings (SSSR count). The normalized spacial score (nSPS) is 16.2. The predicted octanol–water partition coefficient (Wildman–Crippen LogP) is 14.6. The number of fused-ring (bicyclic) bond motifs is 9. The quantitative estimate of drug-likeness (QED) is 0.193. The van der Waals surface area contributed by atoms with E-state index in [4.69, 9.17) is 0 Å². The highest BCUT2D eigenvalue weighted by atomic mass is 16.3. The van der Waals surface area contributed by atoms with Crippen molar-refractivity contribution < 1.29 is 5.11 Å². The van der Waals surface area contributed by atoms with Gasteiger partial charge < -0.3 is 14.6 Å². The molecule has 0 spiro atoms. The maximum atomic E-state index is 12.9. The van der Waals surface area contributed by atoms with Crippen LogP contribution in [0.4, 0.5) is 17.1 Å². The maximum absolute atomic E-state index is 12.9. The lowest BCUT2D eigenvalue weighted by Gasteiger charge is -2.41. The molecule has 1 unspecified atom stereocenters. The van der Waals surface area contributed by atoms with Crippen LogP contribution in [0.3, 0.4) is 0 Å². The number of aromatic nitrogens is 1. The fraction of sp³-hybridized carbons (Fsp3) is 0.0877.